The van der Waals surface area contributed by atoms with Crippen molar-refractivity contribution in [2.75, 3.05) is 127 Å². The van der Waals surface area contributed by atoms with E-state index >= 15 is 0 Å². The van der Waals surface area contributed by atoms with Gasteiger partial charge in [-0.25, -0.2) is 23.4 Å². The minimum Gasteiger partial charge on any atom is -1.00 e. The van der Waals surface area contributed by atoms with E-state index in [9.17, 15) is 17.0 Å². The number of halogens is 4. The summed E-state index contributed by atoms with van der Waals surface area (Å²) in [7, 11) is -4.44. The van der Waals surface area contributed by atoms with E-state index in [-0.39, 0.29) is 79.2 Å². The van der Waals surface area contributed by atoms with Gasteiger partial charge in [-0.05, 0) is 32.8 Å². The average molecular weight is 1060 g/mol. The van der Waals surface area contributed by atoms with Gasteiger partial charge in [-0.2, -0.15) is 0 Å². The van der Waals surface area contributed by atoms with Crippen LogP contribution in [-0.4, -0.2) is 171 Å². The van der Waals surface area contributed by atoms with Crippen LogP contribution in [0.25, 0.3) is 21.5 Å². The number of pyridine rings is 1. The number of quaternary nitrogens is 1. The number of aromatic nitrogens is 3. The summed E-state index contributed by atoms with van der Waals surface area (Å²) in [6.45, 7) is 17.7. The molecular formula is C44H68BClF3KN7O10S2+. The molecule has 1 saturated carbocycles. The number of alkyl halides is 1. The van der Waals surface area contributed by atoms with Crippen molar-refractivity contribution in [2.24, 2.45) is 0 Å². The Hall–Kier alpha value is -1.04. The summed E-state index contributed by atoms with van der Waals surface area (Å²) < 4.78 is 94.0. The molecule has 6 saturated heterocycles. The fraction of sp³-hybridized carbons (Fsp3) is 0.750. The summed E-state index contributed by atoms with van der Waals surface area (Å²) in [4.78, 5) is 21.9. The number of aryl methyl sites for hydroxylation is 1. The second kappa shape index (κ2) is 27.5. The van der Waals surface area contributed by atoms with Gasteiger partial charge in [0.25, 0.3) is 0 Å². The Morgan fingerprint density at radius 2 is 1.39 bits per heavy atom. The van der Waals surface area contributed by atoms with Crippen LogP contribution in [0.1, 0.15) is 75.2 Å². The molecule has 3 aromatic rings. The van der Waals surface area contributed by atoms with Gasteiger partial charge in [0, 0.05) is 80.6 Å². The first-order chi connectivity index (χ1) is 32.3. The van der Waals surface area contributed by atoms with E-state index in [1.54, 1.807) is 28.5 Å². The van der Waals surface area contributed by atoms with Crippen molar-refractivity contribution in [3.8, 4) is 17.1 Å². The maximum Gasteiger partial charge on any atom is 1.00 e. The predicted octanol–water partition coefficient (Wildman–Crippen LogP) is -1.06. The number of likely N-dealkylation sites (tertiary alicyclic amines) is 2. The Morgan fingerprint density at radius 3 is 1.90 bits per heavy atom. The van der Waals surface area contributed by atoms with E-state index in [0.29, 0.717) is 56.7 Å². The van der Waals surface area contributed by atoms with Crippen LogP contribution in [0.4, 0.5) is 20.3 Å². The zero-order valence-corrected chi connectivity index (χ0v) is 46.3. The number of piperidine rings is 2. The first-order valence-electron chi connectivity index (χ1n) is 23.7. The van der Waals surface area contributed by atoms with Gasteiger partial charge in [0.1, 0.15) is 5.69 Å². The van der Waals surface area contributed by atoms with Gasteiger partial charge in [-0.3, -0.25) is 18.3 Å². The first-order valence-corrected chi connectivity index (χ1v) is 26.9. The van der Waals surface area contributed by atoms with E-state index in [1.165, 1.54) is 56.4 Å². The molecule has 69 heavy (non-hydrogen) atoms. The number of morpholine rings is 1. The van der Waals surface area contributed by atoms with Crippen LogP contribution < -0.4 is 75.3 Å². The molecule has 10 rings (SSSR count). The molecule has 3 spiro atoms. The Morgan fingerprint density at radius 1 is 0.855 bits per heavy atom. The van der Waals surface area contributed by atoms with Gasteiger partial charge in [0.2, 0.25) is 21.9 Å². The number of ether oxygens (including phenoxy) is 8. The van der Waals surface area contributed by atoms with Crippen molar-refractivity contribution in [3.05, 3.63) is 22.7 Å². The van der Waals surface area contributed by atoms with Crippen LogP contribution in [-0.2, 0) is 49.7 Å². The second-order valence-corrected chi connectivity index (χ2v) is 21.0. The first kappa shape index (κ1) is 58.8. The zero-order valence-electron chi connectivity index (χ0n) is 40.8. The molecule has 25 heteroatoms. The molecular weight excluding hydrogens is 993 g/mol. The number of nitrogens with one attached hydrogen (secondary N) is 2. The van der Waals surface area contributed by atoms with Crippen LogP contribution >= 0.6 is 22.9 Å². The molecule has 7 aliphatic rings. The van der Waals surface area contributed by atoms with E-state index < -0.39 is 28.9 Å². The molecule has 6 aliphatic heterocycles. The van der Waals surface area contributed by atoms with E-state index in [4.69, 9.17) is 47.9 Å². The van der Waals surface area contributed by atoms with Gasteiger partial charge in [-0.1, -0.05) is 6.42 Å². The van der Waals surface area contributed by atoms with Crippen molar-refractivity contribution in [1.29, 1.82) is 0 Å². The third-order valence-electron chi connectivity index (χ3n) is 13.1. The fourth-order valence-electron chi connectivity index (χ4n) is 9.49. The standard InChI is InChI=1S/C26H34N6O6S2.C9H17NO2.C8H14O2.CH2BClF2.FH.K/c1-17-19(16-31-6-4-26(5-7-31)37-12-13-38-26)22-23(39-17)21(28-25(29-22)32-8-10-36-11-9-32)18-14-20(30-40(3,33)34)24(35-2)27-15-18;1-2-10-5-3-9(4-6-10)11-7-8-12-9;1-2-4-8(5-3-1)9-6-7-10-8;3-1-2(4)5;;/h14-15,30H,4-13,16H2,1-3H3;2-8H2,1H3;1-7H2;1H2;1H;/q;;;;;+1. The number of hydrogen-bond acceptors (Lipinski definition) is 16. The molecule has 17 nitrogen and oxygen atoms in total. The summed E-state index contributed by atoms with van der Waals surface area (Å²) in [5, 5.41) is 0. The molecule has 0 atom stereocenters. The Bertz CT molecular complexity index is 2150. The number of sulfonamides is 1. The molecule has 3 aromatic heterocycles. The van der Waals surface area contributed by atoms with Crippen molar-refractivity contribution in [2.45, 2.75) is 95.5 Å². The van der Waals surface area contributed by atoms with Crippen molar-refractivity contribution in [1.82, 2.24) is 19.9 Å². The van der Waals surface area contributed by atoms with Gasteiger partial charge >= 0.3 is 58.7 Å². The number of fused-ring (bicyclic) bond motifs is 1. The molecule has 1 aliphatic carbocycles. The second-order valence-electron chi connectivity index (χ2n) is 17.7. The van der Waals surface area contributed by atoms with Gasteiger partial charge in [0.15, 0.2) is 17.4 Å². The number of thiophene rings is 1. The van der Waals surface area contributed by atoms with Crippen LogP contribution in [0.2, 0.25) is 0 Å². The SMILES string of the molecule is C1CCC2(CC1)OCCO2.CC[NH+]1CCC2(CC1)OCCO2.COc1ncc(-c2nc(N3CCOCC3)nc3c(CN4CCC5(CC4)OCCO5)c(C)sc23)cc1NS(C)(=O)=O.FB(F)CCl.[F-].[K+]. The van der Waals surface area contributed by atoms with Crippen LogP contribution in [0, 0.1) is 6.92 Å². The van der Waals surface area contributed by atoms with Gasteiger partial charge in [-0.15, -0.1) is 22.9 Å². The third kappa shape index (κ3) is 16.2. The minimum absolute atomic E-state index is 0. The molecule has 0 radical (unpaired) electrons. The van der Waals surface area contributed by atoms with E-state index in [0.717, 1.165) is 101 Å². The van der Waals surface area contributed by atoms with Crippen LogP contribution in [0.15, 0.2) is 12.3 Å². The fourth-order valence-corrected chi connectivity index (χ4v) is 11.1. The van der Waals surface area contributed by atoms with Crippen molar-refractivity contribution < 1.29 is 116 Å². The van der Waals surface area contributed by atoms with Crippen molar-refractivity contribution in [3.63, 3.8) is 0 Å². The number of rotatable bonds is 9. The average Bonchev–Trinajstić information content (AvgIpc) is 4.17. The summed E-state index contributed by atoms with van der Waals surface area (Å²) in [6.07, 6.45) is 12.8. The number of methoxy groups -OCH3 is 1. The van der Waals surface area contributed by atoms with Crippen LogP contribution in [0.5, 0.6) is 5.88 Å². The quantitative estimate of drug-likeness (QED) is 0.197. The maximum absolute atomic E-state index is 12.1. The topological polar surface area (TPSA) is 170 Å². The summed E-state index contributed by atoms with van der Waals surface area (Å²) in [5.74, 6) is -0.449. The minimum atomic E-state index is -3.55. The largest absolute Gasteiger partial charge is 1.00 e. The molecule has 9 heterocycles. The monoisotopic (exact) mass is 1060 g/mol. The molecule has 0 unspecified atom stereocenters. The number of nitrogens with zero attached hydrogens (tertiary/aromatic N) is 5. The van der Waals surface area contributed by atoms with E-state index in [1.807, 2.05) is 0 Å². The number of hydrogen-bond donors (Lipinski definition) is 2. The summed E-state index contributed by atoms with van der Waals surface area (Å²) in [5.41, 5.74) is 3.74. The number of anilines is 2. The molecule has 0 amide bonds. The van der Waals surface area contributed by atoms with Crippen molar-refractivity contribution >= 4 is 62.1 Å². The third-order valence-corrected chi connectivity index (χ3v) is 15.1. The summed E-state index contributed by atoms with van der Waals surface area (Å²) >= 11 is 6.24. The maximum atomic E-state index is 12.1. The van der Waals surface area contributed by atoms with E-state index in [2.05, 4.69) is 45.0 Å². The summed E-state index contributed by atoms with van der Waals surface area (Å²) in [6, 6.07) is 1.72. The molecule has 0 bridgehead atoms. The molecule has 382 valence electrons. The molecule has 0 aromatic carbocycles. The Balaban J connectivity index is 0.000000247. The van der Waals surface area contributed by atoms with Gasteiger partial charge < -0.3 is 52.4 Å². The molecule has 2 N–H and O–H groups in total. The predicted molar refractivity (Wildman–Crippen MR) is 254 cm³/mol. The van der Waals surface area contributed by atoms with Gasteiger partial charge in [0.05, 0.1) is 120 Å². The Labute approximate surface area is 456 Å². The normalized spacial score (nSPS) is 21.8. The smallest absolute Gasteiger partial charge is 1.00 e. The van der Waals surface area contributed by atoms with Crippen LogP contribution in [0.3, 0.4) is 0 Å². The Kier molecular flexibility index (Phi) is 23.4. The zero-order chi connectivity index (χ0) is 47.5. The molecule has 7 fully saturated rings.